The Balaban J connectivity index is 1.31. The van der Waals surface area contributed by atoms with Crippen molar-refractivity contribution in [1.82, 2.24) is 24.6 Å². The average Bonchev–Trinajstić information content (AvgIpc) is 2.99. The van der Waals surface area contributed by atoms with E-state index in [2.05, 4.69) is 26.0 Å². The number of nitrogens with zero attached hydrogens (tertiary/aromatic N) is 6. The van der Waals surface area contributed by atoms with Gasteiger partial charge in [-0.1, -0.05) is 6.42 Å². The molecule has 28 heavy (non-hydrogen) atoms. The van der Waals surface area contributed by atoms with Crippen molar-refractivity contribution in [3.63, 3.8) is 0 Å². The molecule has 3 heterocycles. The summed E-state index contributed by atoms with van der Waals surface area (Å²) < 4.78 is 1.75. The summed E-state index contributed by atoms with van der Waals surface area (Å²) in [6.07, 6.45) is 7.70. The van der Waals surface area contributed by atoms with Crippen LogP contribution in [0.3, 0.4) is 0 Å². The smallest absolute Gasteiger partial charge is 0.274 e. The van der Waals surface area contributed by atoms with Gasteiger partial charge in [0.1, 0.15) is 12.1 Å². The van der Waals surface area contributed by atoms with Crippen molar-refractivity contribution in [1.29, 1.82) is 0 Å². The minimum absolute atomic E-state index is 0.00655. The Bertz CT molecular complexity index is 816. The molecule has 0 atom stereocenters. The first-order chi connectivity index (χ1) is 13.5. The van der Waals surface area contributed by atoms with E-state index < -0.39 is 0 Å². The molecule has 0 unspecified atom stereocenters. The fraction of sp³-hybridized carbons (Fsp3) is 0.619. The number of piperidine rings is 1. The van der Waals surface area contributed by atoms with Crippen LogP contribution in [-0.4, -0.2) is 57.2 Å². The summed E-state index contributed by atoms with van der Waals surface area (Å²) in [7, 11) is 3.75. The molecule has 0 aromatic carbocycles. The van der Waals surface area contributed by atoms with Gasteiger partial charge < -0.3 is 9.80 Å². The summed E-state index contributed by atoms with van der Waals surface area (Å²) in [5.41, 5.74) is 2.73. The third-order valence-electron chi connectivity index (χ3n) is 6.35. The maximum Gasteiger partial charge on any atom is 0.274 e. The van der Waals surface area contributed by atoms with Crippen molar-refractivity contribution in [2.75, 3.05) is 31.6 Å². The number of carbonyl (C=O) groups is 1. The minimum atomic E-state index is 0.00655. The molecule has 2 aromatic heterocycles. The van der Waals surface area contributed by atoms with E-state index in [-0.39, 0.29) is 5.91 Å². The molecule has 7 heteroatoms. The molecule has 1 saturated carbocycles. The van der Waals surface area contributed by atoms with Gasteiger partial charge in [0, 0.05) is 57.1 Å². The normalized spacial score (nSPS) is 18.2. The van der Waals surface area contributed by atoms with E-state index >= 15 is 0 Å². The van der Waals surface area contributed by atoms with E-state index in [0.717, 1.165) is 44.0 Å². The van der Waals surface area contributed by atoms with Gasteiger partial charge in [0.25, 0.3) is 5.91 Å². The monoisotopic (exact) mass is 382 g/mol. The Morgan fingerprint density at radius 3 is 2.54 bits per heavy atom. The largest absolute Gasteiger partial charge is 0.356 e. The highest BCUT2D eigenvalue weighted by atomic mass is 16.2. The highest BCUT2D eigenvalue weighted by Gasteiger charge is 2.26. The summed E-state index contributed by atoms with van der Waals surface area (Å²) in [6.45, 7) is 4.70. The van der Waals surface area contributed by atoms with Crippen molar-refractivity contribution in [2.24, 2.45) is 13.0 Å². The fourth-order valence-electron chi connectivity index (χ4n) is 4.14. The molecule has 0 N–H and O–H groups in total. The second-order valence-electron chi connectivity index (χ2n) is 8.34. The summed E-state index contributed by atoms with van der Waals surface area (Å²) in [4.78, 5) is 25.8. The molecular formula is C21H30N6O. The van der Waals surface area contributed by atoms with Crippen LogP contribution in [0.2, 0.25) is 0 Å². The second-order valence-corrected chi connectivity index (χ2v) is 8.34. The maximum absolute atomic E-state index is 12.6. The molecular weight excluding hydrogens is 352 g/mol. The number of carbonyl (C=O) groups excluding carboxylic acids is 1. The average molecular weight is 383 g/mol. The van der Waals surface area contributed by atoms with Crippen molar-refractivity contribution < 1.29 is 4.79 Å². The summed E-state index contributed by atoms with van der Waals surface area (Å²) in [5, 5.41) is 4.31. The molecule has 1 saturated heterocycles. The summed E-state index contributed by atoms with van der Waals surface area (Å²) >= 11 is 0. The third-order valence-corrected chi connectivity index (χ3v) is 6.35. The number of aryl methyl sites for hydroxylation is 2. The zero-order valence-corrected chi connectivity index (χ0v) is 17.1. The molecule has 1 aliphatic carbocycles. The highest BCUT2D eigenvalue weighted by Crippen LogP contribution is 2.36. The zero-order valence-electron chi connectivity index (χ0n) is 17.1. The van der Waals surface area contributed by atoms with Gasteiger partial charge in [-0.3, -0.25) is 9.48 Å². The fourth-order valence-corrected chi connectivity index (χ4v) is 4.14. The standard InChI is InChI=1S/C21H30N6O/c1-15-11-19(24-26(15)3)21(28)25(2)13-16-7-9-27(10-8-16)20-12-18(22-14-23-20)17-5-4-6-17/h11-12,14,16-17H,4-10,13H2,1-3H3. The molecule has 0 spiro atoms. The summed E-state index contributed by atoms with van der Waals surface area (Å²) in [6, 6.07) is 4.04. The number of anilines is 1. The van der Waals surface area contributed by atoms with Crippen LogP contribution in [0.5, 0.6) is 0 Å². The highest BCUT2D eigenvalue weighted by molar-refractivity contribution is 5.92. The van der Waals surface area contributed by atoms with Gasteiger partial charge in [-0.15, -0.1) is 0 Å². The second kappa shape index (κ2) is 7.89. The van der Waals surface area contributed by atoms with Gasteiger partial charge in [0.15, 0.2) is 5.69 Å². The molecule has 1 aliphatic heterocycles. The lowest BCUT2D eigenvalue weighted by atomic mass is 9.83. The number of hydrogen-bond acceptors (Lipinski definition) is 5. The number of rotatable bonds is 5. The van der Waals surface area contributed by atoms with Crippen LogP contribution in [0.25, 0.3) is 0 Å². The Labute approximate surface area is 166 Å². The topological polar surface area (TPSA) is 67.2 Å². The van der Waals surface area contributed by atoms with Gasteiger partial charge in [-0.25, -0.2) is 9.97 Å². The molecule has 0 bridgehead atoms. The van der Waals surface area contributed by atoms with Gasteiger partial charge >= 0.3 is 0 Å². The first-order valence-electron chi connectivity index (χ1n) is 10.3. The lowest BCUT2D eigenvalue weighted by molar-refractivity contribution is 0.0758. The zero-order chi connectivity index (χ0) is 19.7. The van der Waals surface area contributed by atoms with E-state index in [4.69, 9.17) is 0 Å². The van der Waals surface area contributed by atoms with Crippen LogP contribution in [0.15, 0.2) is 18.5 Å². The van der Waals surface area contributed by atoms with Gasteiger partial charge in [-0.05, 0) is 44.6 Å². The van der Waals surface area contributed by atoms with Crippen LogP contribution in [0.1, 0.15) is 59.9 Å². The predicted octanol–water partition coefficient (Wildman–Crippen LogP) is 2.77. The van der Waals surface area contributed by atoms with Gasteiger partial charge in [0.2, 0.25) is 0 Å². The molecule has 4 rings (SSSR count). The van der Waals surface area contributed by atoms with Crippen molar-refractivity contribution in [3.05, 3.63) is 35.5 Å². The Hall–Kier alpha value is -2.44. The molecule has 7 nitrogen and oxygen atoms in total. The molecule has 2 aromatic rings. The lowest BCUT2D eigenvalue weighted by Gasteiger charge is -2.35. The van der Waals surface area contributed by atoms with Gasteiger partial charge in [-0.2, -0.15) is 5.10 Å². The van der Waals surface area contributed by atoms with E-state index in [1.165, 1.54) is 25.0 Å². The van der Waals surface area contributed by atoms with Crippen molar-refractivity contribution in [2.45, 2.75) is 44.9 Å². The Morgan fingerprint density at radius 1 is 1.18 bits per heavy atom. The number of amides is 1. The van der Waals surface area contributed by atoms with Crippen LogP contribution in [0, 0.1) is 12.8 Å². The quantitative estimate of drug-likeness (QED) is 0.795. The molecule has 2 aliphatic rings. The predicted molar refractivity (Wildman–Crippen MR) is 108 cm³/mol. The van der Waals surface area contributed by atoms with Crippen LogP contribution >= 0.6 is 0 Å². The first kappa shape index (κ1) is 18.9. The molecule has 150 valence electrons. The SMILES string of the molecule is Cc1cc(C(=O)N(C)CC2CCN(c3cc(C4CCC4)ncn3)CC2)nn1C. The lowest BCUT2D eigenvalue weighted by Crippen LogP contribution is -2.40. The van der Waals surface area contributed by atoms with E-state index in [0.29, 0.717) is 17.5 Å². The van der Waals surface area contributed by atoms with E-state index in [9.17, 15) is 4.79 Å². The number of aromatic nitrogens is 4. The van der Waals surface area contributed by atoms with Gasteiger partial charge in [0.05, 0.1) is 0 Å². The molecule has 2 fully saturated rings. The van der Waals surface area contributed by atoms with Crippen LogP contribution in [-0.2, 0) is 7.05 Å². The number of hydrogen-bond donors (Lipinski definition) is 0. The molecule has 1 amide bonds. The summed E-state index contributed by atoms with van der Waals surface area (Å²) in [5.74, 6) is 2.22. The maximum atomic E-state index is 12.6. The Kier molecular flexibility index (Phi) is 5.33. The Morgan fingerprint density at radius 2 is 1.93 bits per heavy atom. The first-order valence-corrected chi connectivity index (χ1v) is 10.3. The third kappa shape index (κ3) is 3.88. The molecule has 0 radical (unpaired) electrons. The van der Waals surface area contributed by atoms with E-state index in [1.54, 1.807) is 11.0 Å². The van der Waals surface area contributed by atoms with Crippen LogP contribution < -0.4 is 4.90 Å². The van der Waals surface area contributed by atoms with Crippen molar-refractivity contribution >= 4 is 11.7 Å². The van der Waals surface area contributed by atoms with Crippen molar-refractivity contribution in [3.8, 4) is 0 Å². The minimum Gasteiger partial charge on any atom is -0.356 e. The van der Waals surface area contributed by atoms with E-state index in [1.807, 2.05) is 32.0 Å². The van der Waals surface area contributed by atoms with Crippen LogP contribution in [0.4, 0.5) is 5.82 Å².